The lowest BCUT2D eigenvalue weighted by Gasteiger charge is -2.18. The van der Waals surface area contributed by atoms with Crippen LogP contribution in [0.1, 0.15) is 207 Å². The number of carbonyl (C=O) groups is 3. The first-order chi connectivity index (χ1) is 28.5. The first-order valence-corrected chi connectivity index (χ1v) is 23.6. The largest absolute Gasteiger partial charge is 0.462 e. The van der Waals surface area contributed by atoms with Crippen LogP contribution in [0.4, 0.5) is 0 Å². The zero-order chi connectivity index (χ0) is 42.3. The summed E-state index contributed by atoms with van der Waals surface area (Å²) in [6.45, 7) is 6.31. The number of ether oxygens (including phenoxy) is 3. The van der Waals surface area contributed by atoms with E-state index in [0.717, 1.165) is 109 Å². The van der Waals surface area contributed by atoms with E-state index >= 15 is 0 Å². The van der Waals surface area contributed by atoms with Crippen LogP contribution in [-0.2, 0) is 28.6 Å². The summed E-state index contributed by atoms with van der Waals surface area (Å²) in [5, 5.41) is 0. The fourth-order valence-corrected chi connectivity index (χ4v) is 6.12. The average molecular weight is 807 g/mol. The predicted molar refractivity (Wildman–Crippen MR) is 247 cm³/mol. The Morgan fingerprint density at radius 3 is 1.16 bits per heavy atom. The number of unbranched alkanes of at least 4 members (excludes halogenated alkanes) is 16. The van der Waals surface area contributed by atoms with Crippen molar-refractivity contribution in [2.24, 2.45) is 0 Å². The second-order valence-electron chi connectivity index (χ2n) is 15.2. The molecule has 0 aliphatic heterocycles. The molecule has 6 nitrogen and oxygen atoms in total. The molecule has 0 rings (SSSR count). The van der Waals surface area contributed by atoms with Crippen molar-refractivity contribution < 1.29 is 28.6 Å². The van der Waals surface area contributed by atoms with E-state index in [0.29, 0.717) is 19.3 Å². The highest BCUT2D eigenvalue weighted by Crippen LogP contribution is 2.12. The van der Waals surface area contributed by atoms with Gasteiger partial charge in [0.2, 0.25) is 0 Å². The van der Waals surface area contributed by atoms with Gasteiger partial charge in [0.25, 0.3) is 0 Å². The third kappa shape index (κ3) is 43.7. The Balaban J connectivity index is 4.47. The van der Waals surface area contributed by atoms with Crippen LogP contribution in [-0.4, -0.2) is 37.2 Å². The van der Waals surface area contributed by atoms with Crippen LogP contribution in [0, 0.1) is 0 Å². The minimum Gasteiger partial charge on any atom is -0.462 e. The summed E-state index contributed by atoms with van der Waals surface area (Å²) in [5.41, 5.74) is 0. The number of hydrogen-bond donors (Lipinski definition) is 0. The molecule has 0 saturated heterocycles. The Hall–Kier alpha value is -3.41. The highest BCUT2D eigenvalue weighted by atomic mass is 16.6. The summed E-state index contributed by atoms with van der Waals surface area (Å²) in [5.74, 6) is -0.997. The first kappa shape index (κ1) is 54.6. The standard InChI is InChI=1S/C52H86O6/c1-4-7-10-13-16-19-22-24-25-26-28-30-33-36-39-42-45-51(54)57-48-49(47-56-50(53)44-41-38-35-32-29-21-18-15-12-9-6-3)58-52(55)46-43-40-37-34-31-27-23-20-17-14-11-8-5-2/h7,9-10,12,16,18-19,21,24-25,27,31-32,35,49H,4-6,8,11,13-15,17,20,22-23,26,28-30,33-34,36-48H2,1-3H3/b10-7-,12-9-,19-16-,21-18-,25-24-,31-27-,35-32-. The van der Waals surface area contributed by atoms with Crippen LogP contribution >= 0.6 is 0 Å². The second kappa shape index (κ2) is 46.3. The molecule has 58 heavy (non-hydrogen) atoms. The highest BCUT2D eigenvalue weighted by Gasteiger charge is 2.19. The Bertz CT molecular complexity index is 1160. The fourth-order valence-electron chi connectivity index (χ4n) is 6.12. The Kier molecular flexibility index (Phi) is 43.6. The summed E-state index contributed by atoms with van der Waals surface area (Å²) < 4.78 is 16.7. The Morgan fingerprint density at radius 1 is 0.362 bits per heavy atom. The van der Waals surface area contributed by atoms with Crippen molar-refractivity contribution in [3.05, 3.63) is 85.1 Å². The lowest BCUT2D eigenvalue weighted by Crippen LogP contribution is -2.30. The van der Waals surface area contributed by atoms with Gasteiger partial charge in [0.05, 0.1) is 0 Å². The smallest absolute Gasteiger partial charge is 0.306 e. The normalized spacial score (nSPS) is 12.8. The van der Waals surface area contributed by atoms with E-state index in [9.17, 15) is 14.4 Å². The van der Waals surface area contributed by atoms with Gasteiger partial charge in [0.1, 0.15) is 13.2 Å². The SMILES string of the molecule is CC/C=C\C/C=C\C/C=C\CCCCCCCCC(=O)OCC(COC(=O)CCC/C=C\C/C=C\C/C=C\CC)OC(=O)CCCCC/C=C\CCCCCCCC. The van der Waals surface area contributed by atoms with Gasteiger partial charge in [-0.1, -0.05) is 170 Å². The van der Waals surface area contributed by atoms with Crippen molar-refractivity contribution in [1.82, 2.24) is 0 Å². The maximum absolute atomic E-state index is 12.7. The number of allylic oxidation sites excluding steroid dienone is 14. The third-order valence-electron chi connectivity index (χ3n) is 9.61. The minimum absolute atomic E-state index is 0.106. The third-order valence-corrected chi connectivity index (χ3v) is 9.61. The van der Waals surface area contributed by atoms with E-state index in [2.05, 4.69) is 106 Å². The van der Waals surface area contributed by atoms with E-state index in [4.69, 9.17) is 14.2 Å². The number of carbonyl (C=O) groups excluding carboxylic acids is 3. The van der Waals surface area contributed by atoms with Crippen molar-refractivity contribution in [2.45, 2.75) is 213 Å². The van der Waals surface area contributed by atoms with E-state index in [1.54, 1.807) is 0 Å². The molecule has 0 aliphatic carbocycles. The van der Waals surface area contributed by atoms with E-state index in [-0.39, 0.29) is 37.5 Å². The van der Waals surface area contributed by atoms with E-state index in [1.165, 1.54) is 51.4 Å². The van der Waals surface area contributed by atoms with Crippen LogP contribution in [0.15, 0.2) is 85.1 Å². The zero-order valence-electron chi connectivity index (χ0n) is 37.5. The quantitative estimate of drug-likeness (QED) is 0.0265. The van der Waals surface area contributed by atoms with Gasteiger partial charge in [-0.15, -0.1) is 0 Å². The van der Waals surface area contributed by atoms with Gasteiger partial charge in [0.15, 0.2) is 6.10 Å². The van der Waals surface area contributed by atoms with E-state index < -0.39 is 6.10 Å². The average Bonchev–Trinajstić information content (AvgIpc) is 3.22. The van der Waals surface area contributed by atoms with Crippen LogP contribution in [0.25, 0.3) is 0 Å². The highest BCUT2D eigenvalue weighted by molar-refractivity contribution is 5.71. The van der Waals surface area contributed by atoms with Gasteiger partial charge in [-0.2, -0.15) is 0 Å². The van der Waals surface area contributed by atoms with E-state index in [1.807, 2.05) is 0 Å². The summed E-state index contributed by atoms with van der Waals surface area (Å²) in [4.78, 5) is 37.8. The lowest BCUT2D eigenvalue weighted by atomic mass is 10.1. The summed E-state index contributed by atoms with van der Waals surface area (Å²) in [7, 11) is 0. The molecule has 0 amide bonds. The van der Waals surface area contributed by atoms with Crippen molar-refractivity contribution in [3.63, 3.8) is 0 Å². The molecule has 0 heterocycles. The minimum atomic E-state index is -0.808. The molecule has 6 heteroatoms. The molecular formula is C52H86O6. The molecule has 1 atom stereocenters. The molecule has 330 valence electrons. The number of rotatable bonds is 41. The van der Waals surface area contributed by atoms with Gasteiger partial charge >= 0.3 is 17.9 Å². The molecule has 1 unspecified atom stereocenters. The van der Waals surface area contributed by atoms with Crippen LogP contribution in [0.5, 0.6) is 0 Å². The van der Waals surface area contributed by atoms with Gasteiger partial charge < -0.3 is 14.2 Å². The lowest BCUT2D eigenvalue weighted by molar-refractivity contribution is -0.167. The second-order valence-corrected chi connectivity index (χ2v) is 15.2. The maximum Gasteiger partial charge on any atom is 0.306 e. The van der Waals surface area contributed by atoms with Gasteiger partial charge in [0, 0.05) is 19.3 Å². The monoisotopic (exact) mass is 807 g/mol. The van der Waals surface area contributed by atoms with Crippen LogP contribution < -0.4 is 0 Å². The molecule has 0 aromatic rings. The number of hydrogen-bond acceptors (Lipinski definition) is 6. The Morgan fingerprint density at radius 2 is 0.690 bits per heavy atom. The molecule has 0 fully saturated rings. The van der Waals surface area contributed by atoms with Crippen LogP contribution in [0.3, 0.4) is 0 Å². The van der Waals surface area contributed by atoms with Crippen molar-refractivity contribution >= 4 is 17.9 Å². The molecular weight excluding hydrogens is 721 g/mol. The molecule has 0 aliphatic rings. The predicted octanol–water partition coefficient (Wildman–Crippen LogP) is 15.3. The molecule has 0 aromatic carbocycles. The fraction of sp³-hybridized carbons (Fsp3) is 0.673. The van der Waals surface area contributed by atoms with Crippen molar-refractivity contribution in [1.29, 1.82) is 0 Å². The molecule has 0 bridgehead atoms. The van der Waals surface area contributed by atoms with Crippen molar-refractivity contribution in [3.8, 4) is 0 Å². The molecule has 0 N–H and O–H groups in total. The van der Waals surface area contributed by atoms with Crippen LogP contribution in [0.2, 0.25) is 0 Å². The first-order valence-electron chi connectivity index (χ1n) is 23.6. The molecule has 0 saturated carbocycles. The van der Waals surface area contributed by atoms with Gasteiger partial charge in [-0.3, -0.25) is 14.4 Å². The number of esters is 3. The Labute approximate surface area is 356 Å². The maximum atomic E-state index is 12.7. The molecule has 0 spiro atoms. The molecule has 0 radical (unpaired) electrons. The summed E-state index contributed by atoms with van der Waals surface area (Å²) in [6, 6.07) is 0. The topological polar surface area (TPSA) is 78.9 Å². The zero-order valence-corrected chi connectivity index (χ0v) is 37.5. The summed E-state index contributed by atoms with van der Waals surface area (Å²) >= 11 is 0. The molecule has 0 aromatic heterocycles. The summed E-state index contributed by atoms with van der Waals surface area (Å²) in [6.07, 6.45) is 58.6. The van der Waals surface area contributed by atoms with Gasteiger partial charge in [-0.05, 0) is 103 Å². The van der Waals surface area contributed by atoms with Crippen molar-refractivity contribution in [2.75, 3.05) is 13.2 Å². The van der Waals surface area contributed by atoms with Gasteiger partial charge in [-0.25, -0.2) is 0 Å².